The van der Waals surface area contributed by atoms with Gasteiger partial charge in [0, 0.05) is 44.5 Å². The molecular weight excluding hydrogens is 412 g/mol. The van der Waals surface area contributed by atoms with Gasteiger partial charge in [-0.1, -0.05) is 23.7 Å². The Morgan fingerprint density at radius 1 is 1.00 bits per heavy atom. The molecule has 2 aromatic carbocycles. The fraction of sp³-hybridized carbons (Fsp3) is 0.200. The molecule has 1 amide bonds. The van der Waals surface area contributed by atoms with Crippen molar-refractivity contribution in [2.24, 2.45) is 7.05 Å². The Hall–Kier alpha value is -2.68. The lowest BCUT2D eigenvalue weighted by molar-refractivity contribution is 0.0984. The highest BCUT2D eigenvalue weighted by atomic mass is 35.5. The molecule has 0 aliphatic carbocycles. The largest absolute Gasteiger partial charge is 0.310 e. The molecular formula is C20H21ClN4O3S. The first kappa shape index (κ1) is 21.0. The number of sulfonamides is 1. The van der Waals surface area contributed by atoms with Crippen LogP contribution in [0.15, 0.2) is 59.5 Å². The fourth-order valence-electron chi connectivity index (χ4n) is 2.77. The number of amides is 1. The van der Waals surface area contributed by atoms with Crippen LogP contribution < -0.4 is 4.90 Å². The molecule has 0 saturated carbocycles. The van der Waals surface area contributed by atoms with Gasteiger partial charge in [0.25, 0.3) is 5.91 Å². The molecule has 0 N–H and O–H groups in total. The summed E-state index contributed by atoms with van der Waals surface area (Å²) in [5.41, 5.74) is 2.49. The molecule has 0 aliphatic heterocycles. The van der Waals surface area contributed by atoms with Gasteiger partial charge >= 0.3 is 0 Å². The zero-order chi connectivity index (χ0) is 21.3. The summed E-state index contributed by atoms with van der Waals surface area (Å²) in [5.74, 6) is -0.261. The third-order valence-corrected chi connectivity index (χ3v) is 6.63. The Kier molecular flexibility index (Phi) is 5.79. The van der Waals surface area contributed by atoms with E-state index in [1.54, 1.807) is 44.4 Å². The predicted octanol–water partition coefficient (Wildman–Crippen LogP) is 3.27. The molecule has 9 heteroatoms. The number of nitrogens with zero attached hydrogens (tertiary/aromatic N) is 4. The number of halogens is 1. The van der Waals surface area contributed by atoms with Gasteiger partial charge in [-0.15, -0.1) is 0 Å². The fourth-order valence-corrected chi connectivity index (χ4v) is 3.80. The monoisotopic (exact) mass is 432 g/mol. The van der Waals surface area contributed by atoms with Gasteiger partial charge in [-0.2, -0.15) is 5.10 Å². The van der Waals surface area contributed by atoms with Crippen LogP contribution in [0.5, 0.6) is 0 Å². The molecule has 0 radical (unpaired) electrons. The molecule has 0 saturated heterocycles. The van der Waals surface area contributed by atoms with Crippen molar-refractivity contribution < 1.29 is 13.2 Å². The van der Waals surface area contributed by atoms with E-state index in [4.69, 9.17) is 11.6 Å². The minimum atomic E-state index is -3.52. The predicted molar refractivity (Wildman–Crippen MR) is 114 cm³/mol. The van der Waals surface area contributed by atoms with Gasteiger partial charge in [0.05, 0.1) is 10.6 Å². The molecule has 0 atom stereocenters. The van der Waals surface area contributed by atoms with E-state index >= 15 is 0 Å². The summed E-state index contributed by atoms with van der Waals surface area (Å²) in [6, 6.07) is 15.1. The van der Waals surface area contributed by atoms with Crippen molar-refractivity contribution in [2.75, 3.05) is 26.0 Å². The number of benzene rings is 2. The summed E-state index contributed by atoms with van der Waals surface area (Å²) in [4.78, 5) is 14.6. The van der Waals surface area contributed by atoms with Gasteiger partial charge in [-0.05, 0) is 42.5 Å². The first-order chi connectivity index (χ1) is 13.6. The molecule has 29 heavy (non-hydrogen) atoms. The lowest BCUT2D eigenvalue weighted by atomic mass is 10.1. The third kappa shape index (κ3) is 4.19. The number of rotatable bonds is 5. The topological polar surface area (TPSA) is 75.5 Å². The van der Waals surface area contributed by atoms with E-state index in [-0.39, 0.29) is 10.8 Å². The minimum Gasteiger partial charge on any atom is -0.310 e. The molecule has 0 spiro atoms. The Morgan fingerprint density at radius 3 is 2.14 bits per heavy atom. The maximum absolute atomic E-state index is 13.0. The molecule has 3 rings (SSSR count). The van der Waals surface area contributed by atoms with Crippen molar-refractivity contribution in [1.29, 1.82) is 0 Å². The van der Waals surface area contributed by atoms with Crippen LogP contribution in [-0.2, 0) is 17.1 Å². The molecule has 3 aromatic rings. The zero-order valence-electron chi connectivity index (χ0n) is 16.5. The number of aromatic nitrogens is 2. The number of hydrogen-bond donors (Lipinski definition) is 0. The Balaban J connectivity index is 1.86. The number of carbonyl (C=O) groups excluding carboxylic acids is 1. The van der Waals surface area contributed by atoms with E-state index in [2.05, 4.69) is 5.10 Å². The number of carbonyl (C=O) groups is 1. The summed E-state index contributed by atoms with van der Waals surface area (Å²) >= 11 is 5.93. The number of aryl methyl sites for hydroxylation is 1. The SMILES string of the molecule is CN(C(=O)c1cc(-c2ccc(Cl)cc2)nn1C)c1ccc(S(=O)(=O)N(C)C)cc1. The van der Waals surface area contributed by atoms with Crippen LogP contribution >= 0.6 is 11.6 Å². The summed E-state index contributed by atoms with van der Waals surface area (Å²) in [6.45, 7) is 0. The van der Waals surface area contributed by atoms with Crippen molar-refractivity contribution in [3.8, 4) is 11.3 Å². The van der Waals surface area contributed by atoms with Crippen LogP contribution in [0.4, 0.5) is 5.69 Å². The molecule has 0 bridgehead atoms. The van der Waals surface area contributed by atoms with Crippen molar-refractivity contribution in [1.82, 2.24) is 14.1 Å². The van der Waals surface area contributed by atoms with E-state index in [1.165, 1.54) is 35.8 Å². The quantitative estimate of drug-likeness (QED) is 0.620. The average Bonchev–Trinajstić information content (AvgIpc) is 3.09. The molecule has 0 aliphatic rings. The van der Waals surface area contributed by atoms with Crippen LogP contribution in [0.25, 0.3) is 11.3 Å². The first-order valence-electron chi connectivity index (χ1n) is 8.72. The Bertz CT molecular complexity index is 1140. The van der Waals surface area contributed by atoms with Gasteiger partial charge in [0.15, 0.2) is 0 Å². The number of anilines is 1. The Morgan fingerprint density at radius 2 is 1.59 bits per heavy atom. The average molecular weight is 433 g/mol. The highest BCUT2D eigenvalue weighted by Gasteiger charge is 2.21. The van der Waals surface area contributed by atoms with Crippen molar-refractivity contribution in [2.45, 2.75) is 4.90 Å². The molecule has 0 fully saturated rings. The summed E-state index contributed by atoms with van der Waals surface area (Å²) in [6.07, 6.45) is 0. The standard InChI is InChI=1S/C20H21ClN4O3S/c1-23(2)29(27,28)17-11-9-16(10-12-17)24(3)20(26)19-13-18(22-25(19)4)14-5-7-15(21)8-6-14/h5-13H,1-4H3. The second kappa shape index (κ2) is 7.98. The van der Waals surface area contributed by atoms with E-state index in [9.17, 15) is 13.2 Å². The van der Waals surface area contributed by atoms with Gasteiger partial charge in [-0.25, -0.2) is 12.7 Å². The highest BCUT2D eigenvalue weighted by molar-refractivity contribution is 7.89. The highest BCUT2D eigenvalue weighted by Crippen LogP contribution is 2.24. The normalized spacial score (nSPS) is 11.7. The molecule has 1 heterocycles. The van der Waals surface area contributed by atoms with Crippen molar-refractivity contribution >= 4 is 33.2 Å². The van der Waals surface area contributed by atoms with E-state index < -0.39 is 10.0 Å². The van der Waals surface area contributed by atoms with Gasteiger partial charge < -0.3 is 4.90 Å². The summed E-state index contributed by atoms with van der Waals surface area (Å²) in [7, 11) is 2.75. The maximum Gasteiger partial charge on any atom is 0.276 e. The summed E-state index contributed by atoms with van der Waals surface area (Å²) in [5, 5.41) is 5.04. The Labute approximate surface area is 175 Å². The maximum atomic E-state index is 13.0. The van der Waals surface area contributed by atoms with E-state index in [0.29, 0.717) is 22.1 Å². The summed E-state index contributed by atoms with van der Waals surface area (Å²) < 4.78 is 27.1. The minimum absolute atomic E-state index is 0.164. The molecule has 7 nitrogen and oxygen atoms in total. The van der Waals surface area contributed by atoms with Crippen molar-refractivity contribution in [3.05, 3.63) is 65.3 Å². The van der Waals surface area contributed by atoms with Crippen molar-refractivity contribution in [3.63, 3.8) is 0 Å². The zero-order valence-corrected chi connectivity index (χ0v) is 18.1. The second-order valence-electron chi connectivity index (χ2n) is 6.69. The van der Waals surface area contributed by atoms with Gasteiger partial charge in [0.1, 0.15) is 5.69 Å². The number of hydrogen-bond acceptors (Lipinski definition) is 4. The first-order valence-corrected chi connectivity index (χ1v) is 10.5. The molecule has 0 unspecified atom stereocenters. The lowest BCUT2D eigenvalue weighted by Crippen LogP contribution is -2.28. The molecule has 152 valence electrons. The van der Waals surface area contributed by atoms with E-state index in [1.807, 2.05) is 12.1 Å². The van der Waals surface area contributed by atoms with Crippen LogP contribution in [0.2, 0.25) is 5.02 Å². The van der Waals surface area contributed by atoms with Gasteiger partial charge in [-0.3, -0.25) is 9.48 Å². The van der Waals surface area contributed by atoms with E-state index in [0.717, 1.165) is 9.87 Å². The van der Waals surface area contributed by atoms with Gasteiger partial charge in [0.2, 0.25) is 10.0 Å². The smallest absolute Gasteiger partial charge is 0.276 e. The van der Waals surface area contributed by atoms with Crippen LogP contribution in [-0.4, -0.2) is 49.6 Å². The second-order valence-corrected chi connectivity index (χ2v) is 9.28. The van der Waals surface area contributed by atoms with Crippen LogP contribution in [0.3, 0.4) is 0 Å². The third-order valence-electron chi connectivity index (χ3n) is 4.55. The lowest BCUT2D eigenvalue weighted by Gasteiger charge is -2.18. The van der Waals surface area contributed by atoms with Crippen LogP contribution in [0.1, 0.15) is 10.5 Å². The van der Waals surface area contributed by atoms with Crippen LogP contribution in [0, 0.1) is 0 Å². The molecule has 1 aromatic heterocycles.